The predicted molar refractivity (Wildman–Crippen MR) is 151 cm³/mol. The van der Waals surface area contributed by atoms with E-state index in [0.717, 1.165) is 45.8 Å². The minimum absolute atomic E-state index is 0.197. The van der Waals surface area contributed by atoms with Crippen LogP contribution in [0.1, 0.15) is 39.4 Å². The molecule has 200 valence electrons. The summed E-state index contributed by atoms with van der Waals surface area (Å²) in [6.45, 7) is 6.88. The molecule has 1 aliphatic rings. The van der Waals surface area contributed by atoms with Gasteiger partial charge in [-0.25, -0.2) is 14.6 Å². The molecular formula is C28H28N6O4S. The van der Waals surface area contributed by atoms with Crippen molar-refractivity contribution in [2.24, 2.45) is 0 Å². The summed E-state index contributed by atoms with van der Waals surface area (Å²) in [6, 6.07) is 14.2. The van der Waals surface area contributed by atoms with E-state index in [1.807, 2.05) is 73.8 Å². The number of benzene rings is 2. The van der Waals surface area contributed by atoms with E-state index in [2.05, 4.69) is 21.1 Å². The molecule has 2 amide bonds. The molecule has 0 radical (unpaired) electrons. The lowest BCUT2D eigenvalue weighted by Crippen LogP contribution is -2.34. The first-order chi connectivity index (χ1) is 18.7. The maximum absolute atomic E-state index is 12.4. The third kappa shape index (κ3) is 5.23. The van der Waals surface area contributed by atoms with Crippen molar-refractivity contribution < 1.29 is 18.8 Å². The number of hydrogen-bond donors (Lipinski definition) is 3. The van der Waals surface area contributed by atoms with E-state index in [9.17, 15) is 9.59 Å². The summed E-state index contributed by atoms with van der Waals surface area (Å²) >= 11 is 1.53. The van der Waals surface area contributed by atoms with Gasteiger partial charge in [-0.1, -0.05) is 49.4 Å². The molecule has 39 heavy (non-hydrogen) atoms. The van der Waals surface area contributed by atoms with Gasteiger partial charge in [0.25, 0.3) is 0 Å². The number of nitrogens with one attached hydrogen (secondary N) is 3. The summed E-state index contributed by atoms with van der Waals surface area (Å²) in [5.41, 5.74) is 3.17. The van der Waals surface area contributed by atoms with Gasteiger partial charge >= 0.3 is 12.0 Å². The van der Waals surface area contributed by atoms with Gasteiger partial charge in [-0.15, -0.1) is 0 Å². The Kier molecular flexibility index (Phi) is 6.32. The number of nitrogens with zero attached hydrogens (tertiary/aromatic N) is 3. The standard InChI is InChI=1S/C28H28N6O4S/c1-28(2,3)23-14-24(33-38-23)32-26(36)30-17-8-6-16(7-9-17)20-15-34-21-11-10-18(13-22(21)39-27(34)31-20)37-25(35)19-5-4-12-29-19/h6-11,13-15,19,29H,4-5,12H2,1-3H3,(H2,30,32,33,36)/t19-/m0/s1. The molecule has 4 heterocycles. The summed E-state index contributed by atoms with van der Waals surface area (Å²) < 4.78 is 13.9. The van der Waals surface area contributed by atoms with E-state index in [1.165, 1.54) is 11.3 Å². The highest BCUT2D eigenvalue weighted by molar-refractivity contribution is 7.23. The molecule has 0 saturated carbocycles. The molecule has 1 atom stereocenters. The van der Waals surface area contributed by atoms with Crippen molar-refractivity contribution in [3.8, 4) is 17.0 Å². The van der Waals surface area contributed by atoms with E-state index >= 15 is 0 Å². The first-order valence-corrected chi connectivity index (χ1v) is 13.6. The maximum Gasteiger partial charge on any atom is 0.328 e. The molecule has 0 spiro atoms. The smallest absolute Gasteiger partial charge is 0.328 e. The molecule has 0 unspecified atom stereocenters. The van der Waals surface area contributed by atoms with Gasteiger partial charge in [0.2, 0.25) is 0 Å². The highest BCUT2D eigenvalue weighted by Crippen LogP contribution is 2.32. The number of fused-ring (bicyclic) bond motifs is 3. The zero-order valence-electron chi connectivity index (χ0n) is 21.8. The number of imidazole rings is 1. The average molecular weight is 545 g/mol. The number of aromatic nitrogens is 3. The van der Waals surface area contributed by atoms with E-state index in [-0.39, 0.29) is 17.4 Å². The Balaban J connectivity index is 1.12. The molecule has 2 aromatic carbocycles. The first kappa shape index (κ1) is 25.1. The number of esters is 1. The molecule has 1 saturated heterocycles. The van der Waals surface area contributed by atoms with E-state index < -0.39 is 6.03 Å². The molecule has 1 aliphatic heterocycles. The third-order valence-electron chi connectivity index (χ3n) is 6.56. The van der Waals surface area contributed by atoms with Gasteiger partial charge in [0.05, 0.1) is 15.9 Å². The van der Waals surface area contributed by atoms with Crippen LogP contribution in [-0.2, 0) is 10.2 Å². The Morgan fingerprint density at radius 3 is 2.67 bits per heavy atom. The molecule has 3 N–H and O–H groups in total. The number of urea groups is 1. The van der Waals surface area contributed by atoms with Gasteiger partial charge < -0.3 is 19.9 Å². The first-order valence-electron chi connectivity index (χ1n) is 12.8. The molecule has 10 nitrogen and oxygen atoms in total. The minimum atomic E-state index is -0.407. The lowest BCUT2D eigenvalue weighted by molar-refractivity contribution is -0.136. The topological polar surface area (TPSA) is 123 Å². The van der Waals surface area contributed by atoms with Crippen LogP contribution in [-0.4, -0.2) is 39.1 Å². The van der Waals surface area contributed by atoms with Crippen molar-refractivity contribution in [2.75, 3.05) is 17.2 Å². The predicted octanol–water partition coefficient (Wildman–Crippen LogP) is 5.80. The number of anilines is 2. The molecule has 5 aromatic rings. The van der Waals surface area contributed by atoms with Crippen LogP contribution in [0.15, 0.2) is 59.3 Å². The highest BCUT2D eigenvalue weighted by Gasteiger charge is 2.24. The molecule has 1 fully saturated rings. The van der Waals surface area contributed by atoms with Gasteiger partial charge in [0.1, 0.15) is 17.6 Å². The fourth-order valence-corrected chi connectivity index (χ4v) is 5.48. The van der Waals surface area contributed by atoms with Crippen LogP contribution in [0.3, 0.4) is 0 Å². The van der Waals surface area contributed by atoms with Crippen LogP contribution >= 0.6 is 11.3 Å². The van der Waals surface area contributed by atoms with E-state index in [1.54, 1.807) is 6.07 Å². The summed E-state index contributed by atoms with van der Waals surface area (Å²) in [5.74, 6) is 1.35. The Morgan fingerprint density at radius 1 is 1.13 bits per heavy atom. The van der Waals surface area contributed by atoms with Crippen LogP contribution in [0.2, 0.25) is 0 Å². The largest absolute Gasteiger partial charge is 0.425 e. The molecule has 6 rings (SSSR count). The Labute approximate surface area is 228 Å². The number of hydrogen-bond acceptors (Lipinski definition) is 8. The molecular weight excluding hydrogens is 516 g/mol. The zero-order chi connectivity index (χ0) is 27.1. The van der Waals surface area contributed by atoms with Gasteiger partial charge in [-0.2, -0.15) is 0 Å². The second kappa shape index (κ2) is 9.83. The van der Waals surface area contributed by atoms with Crippen LogP contribution in [0, 0.1) is 0 Å². The zero-order valence-corrected chi connectivity index (χ0v) is 22.6. The van der Waals surface area contributed by atoms with E-state index in [4.69, 9.17) is 14.2 Å². The number of amides is 2. The highest BCUT2D eigenvalue weighted by atomic mass is 32.1. The number of carbonyl (C=O) groups is 2. The van der Waals surface area contributed by atoms with E-state index in [0.29, 0.717) is 23.0 Å². The molecule has 11 heteroatoms. The molecule has 0 bridgehead atoms. The fraction of sp³-hybridized carbons (Fsp3) is 0.286. The summed E-state index contributed by atoms with van der Waals surface area (Å²) in [4.78, 5) is 30.4. The number of rotatable bonds is 5. The Bertz CT molecular complexity index is 1670. The minimum Gasteiger partial charge on any atom is -0.425 e. The Morgan fingerprint density at radius 2 is 1.95 bits per heavy atom. The van der Waals surface area contributed by atoms with Crippen molar-refractivity contribution in [2.45, 2.75) is 45.1 Å². The van der Waals surface area contributed by atoms with Crippen molar-refractivity contribution in [1.82, 2.24) is 19.9 Å². The SMILES string of the molecule is CC(C)(C)c1cc(NC(=O)Nc2ccc(-c3cn4c(n3)sc3cc(OC(=O)[C@@H]5CCCN5)ccc34)cc2)no1. The monoisotopic (exact) mass is 544 g/mol. The quantitative estimate of drug-likeness (QED) is 0.189. The number of carbonyl (C=O) groups excluding carboxylic acids is 2. The van der Waals surface area contributed by atoms with Crippen LogP contribution in [0.25, 0.3) is 26.4 Å². The fourth-order valence-electron chi connectivity index (χ4n) is 4.45. The van der Waals surface area contributed by atoms with Gasteiger partial charge in [0, 0.05) is 35.0 Å². The van der Waals surface area contributed by atoms with Gasteiger partial charge in [-0.3, -0.25) is 9.72 Å². The number of thiazole rings is 1. The van der Waals surface area contributed by atoms with Crippen LogP contribution < -0.4 is 20.7 Å². The third-order valence-corrected chi connectivity index (χ3v) is 7.58. The second-order valence-corrected chi connectivity index (χ2v) is 11.6. The molecule has 0 aliphatic carbocycles. The van der Waals surface area contributed by atoms with Crippen molar-refractivity contribution in [3.63, 3.8) is 0 Å². The maximum atomic E-state index is 12.4. The molecule has 3 aromatic heterocycles. The second-order valence-electron chi connectivity index (χ2n) is 10.6. The van der Waals surface area contributed by atoms with Gasteiger partial charge in [-0.05, 0) is 43.7 Å². The van der Waals surface area contributed by atoms with Crippen LogP contribution in [0.5, 0.6) is 5.75 Å². The van der Waals surface area contributed by atoms with Crippen molar-refractivity contribution in [3.05, 3.63) is 60.5 Å². The van der Waals surface area contributed by atoms with Gasteiger partial charge in [0.15, 0.2) is 10.8 Å². The van der Waals surface area contributed by atoms with Crippen molar-refractivity contribution >= 4 is 50.0 Å². The van der Waals surface area contributed by atoms with Crippen LogP contribution in [0.4, 0.5) is 16.3 Å². The van der Waals surface area contributed by atoms with Crippen molar-refractivity contribution in [1.29, 1.82) is 0 Å². The lowest BCUT2D eigenvalue weighted by Gasteiger charge is -2.12. The Hall–Kier alpha value is -4.22. The summed E-state index contributed by atoms with van der Waals surface area (Å²) in [6.07, 6.45) is 3.77. The summed E-state index contributed by atoms with van der Waals surface area (Å²) in [7, 11) is 0. The number of ether oxygens (including phenoxy) is 1. The normalized spacial score (nSPS) is 15.6. The average Bonchev–Trinajstić information content (AvgIpc) is 3.68. The summed E-state index contributed by atoms with van der Waals surface area (Å²) in [5, 5.41) is 12.6. The lowest BCUT2D eigenvalue weighted by atomic mass is 9.93.